The maximum atomic E-state index is 11.7. The van der Waals surface area contributed by atoms with E-state index >= 15 is 0 Å². The lowest BCUT2D eigenvalue weighted by atomic mass is 10.3. The van der Waals surface area contributed by atoms with Crippen LogP contribution in [-0.2, 0) is 0 Å². The van der Waals surface area contributed by atoms with Crippen LogP contribution in [0.5, 0.6) is 0 Å². The molecule has 0 aliphatic carbocycles. The van der Waals surface area contributed by atoms with Crippen LogP contribution in [0.1, 0.15) is 5.56 Å². The van der Waals surface area contributed by atoms with Gasteiger partial charge in [-0.1, -0.05) is 0 Å². The van der Waals surface area contributed by atoms with E-state index in [0.717, 1.165) is 16.3 Å². The zero-order chi connectivity index (χ0) is 16.4. The van der Waals surface area contributed by atoms with Gasteiger partial charge in [-0.3, -0.25) is 9.36 Å². The Morgan fingerprint density at radius 3 is 2.61 bits per heavy atom. The van der Waals surface area contributed by atoms with E-state index in [1.807, 2.05) is 48.9 Å². The molecule has 0 unspecified atom stereocenters. The van der Waals surface area contributed by atoms with Gasteiger partial charge in [-0.05, 0) is 54.5 Å². The molecule has 0 bridgehead atoms. The van der Waals surface area contributed by atoms with E-state index in [1.165, 1.54) is 11.0 Å². The molecule has 0 radical (unpaired) electrons. The van der Waals surface area contributed by atoms with Gasteiger partial charge < -0.3 is 11.1 Å². The van der Waals surface area contributed by atoms with Crippen molar-refractivity contribution in [2.24, 2.45) is 0 Å². The Kier molecular flexibility index (Phi) is 4.40. The zero-order valence-electron chi connectivity index (χ0n) is 12.7. The number of aryl methyl sites for hydroxylation is 1. The summed E-state index contributed by atoms with van der Waals surface area (Å²) < 4.78 is 1.75. The average molecular weight is 344 g/mol. The first-order valence-electron chi connectivity index (χ1n) is 6.93. The van der Waals surface area contributed by atoms with Crippen molar-refractivity contribution in [3.63, 3.8) is 0 Å². The number of anilines is 3. The lowest BCUT2D eigenvalue weighted by Crippen LogP contribution is -2.17. The summed E-state index contributed by atoms with van der Waals surface area (Å²) in [6.07, 6.45) is 2.03. The zero-order valence-corrected chi connectivity index (χ0v) is 14.4. The Bertz CT molecular complexity index is 884. The molecule has 3 N–H and O–H groups in total. The number of hydrogen-bond acceptors (Lipinski definition) is 6. The number of hydrogen-bond donors (Lipinski definition) is 2. The highest BCUT2D eigenvalue weighted by Crippen LogP contribution is 2.26. The van der Waals surface area contributed by atoms with Gasteiger partial charge in [0.05, 0.1) is 0 Å². The number of nitrogens with one attached hydrogen (secondary N) is 1. The minimum Gasteiger partial charge on any atom is -0.385 e. The van der Waals surface area contributed by atoms with E-state index in [4.69, 9.17) is 5.73 Å². The van der Waals surface area contributed by atoms with Crippen LogP contribution in [0.25, 0.3) is 5.00 Å². The Morgan fingerprint density at radius 1 is 1.26 bits per heavy atom. The second-order valence-corrected chi connectivity index (χ2v) is 6.76. The molecule has 0 aliphatic rings. The summed E-state index contributed by atoms with van der Waals surface area (Å²) >= 11 is 3.23. The fourth-order valence-electron chi connectivity index (χ4n) is 2.15. The number of aromatic nitrogens is 2. The molecule has 3 aromatic rings. The molecule has 0 fully saturated rings. The van der Waals surface area contributed by atoms with Crippen molar-refractivity contribution in [1.82, 2.24) is 9.55 Å². The topological polar surface area (TPSA) is 72.9 Å². The minimum absolute atomic E-state index is 0.357. The molecule has 7 heteroatoms. The summed E-state index contributed by atoms with van der Waals surface area (Å²) in [5.74, 6) is 0.767. The second kappa shape index (κ2) is 6.47. The number of nitrogen functional groups attached to an aromatic ring is 1. The summed E-state index contributed by atoms with van der Waals surface area (Å²) in [6, 6.07) is 11.3. The van der Waals surface area contributed by atoms with Crippen molar-refractivity contribution in [2.75, 3.05) is 17.3 Å². The second-order valence-electron chi connectivity index (χ2n) is 4.99. The van der Waals surface area contributed by atoms with E-state index in [0.29, 0.717) is 11.8 Å². The van der Waals surface area contributed by atoms with Crippen molar-refractivity contribution in [3.8, 4) is 5.00 Å². The summed E-state index contributed by atoms with van der Waals surface area (Å²) in [4.78, 5) is 17.0. The number of rotatable bonds is 4. The van der Waals surface area contributed by atoms with E-state index in [2.05, 4.69) is 10.3 Å². The van der Waals surface area contributed by atoms with Crippen molar-refractivity contribution in [2.45, 2.75) is 11.8 Å². The van der Waals surface area contributed by atoms with Gasteiger partial charge in [0.15, 0.2) is 0 Å². The lowest BCUT2D eigenvalue weighted by Gasteiger charge is -2.14. The van der Waals surface area contributed by atoms with Gasteiger partial charge in [-0.25, -0.2) is 0 Å². The van der Waals surface area contributed by atoms with Crippen LogP contribution in [-0.4, -0.2) is 15.8 Å². The maximum Gasteiger partial charge on any atom is 0.276 e. The molecule has 1 aromatic carbocycles. The SMILES string of the molecule is CSc1ccc(Nc2nc(=O)cc(N)n2-c2cc(C)cs2)cc1. The Balaban J connectivity index is 2.05. The Hall–Kier alpha value is -2.25. The molecule has 2 aromatic heterocycles. The first-order chi connectivity index (χ1) is 11.1. The lowest BCUT2D eigenvalue weighted by molar-refractivity contribution is 1.00. The first kappa shape index (κ1) is 15.6. The van der Waals surface area contributed by atoms with Gasteiger partial charge in [0.25, 0.3) is 5.56 Å². The van der Waals surface area contributed by atoms with Crippen LogP contribution in [0, 0.1) is 6.92 Å². The van der Waals surface area contributed by atoms with Crippen LogP contribution >= 0.6 is 23.1 Å². The van der Waals surface area contributed by atoms with Crippen molar-refractivity contribution in [3.05, 3.63) is 57.7 Å². The normalized spacial score (nSPS) is 10.7. The highest BCUT2D eigenvalue weighted by atomic mass is 32.2. The molecule has 5 nitrogen and oxygen atoms in total. The van der Waals surface area contributed by atoms with Crippen LogP contribution in [0.2, 0.25) is 0 Å². The van der Waals surface area contributed by atoms with Gasteiger partial charge in [0.2, 0.25) is 5.95 Å². The Morgan fingerprint density at radius 2 is 2.00 bits per heavy atom. The van der Waals surface area contributed by atoms with E-state index in [1.54, 1.807) is 27.7 Å². The van der Waals surface area contributed by atoms with Crippen LogP contribution in [0.3, 0.4) is 0 Å². The van der Waals surface area contributed by atoms with Gasteiger partial charge >= 0.3 is 0 Å². The third-order valence-electron chi connectivity index (χ3n) is 3.24. The largest absolute Gasteiger partial charge is 0.385 e. The fourth-order valence-corrected chi connectivity index (χ4v) is 3.49. The van der Waals surface area contributed by atoms with E-state index in [-0.39, 0.29) is 5.56 Å². The molecule has 0 saturated heterocycles. The maximum absolute atomic E-state index is 11.7. The number of thioether (sulfide) groups is 1. The fraction of sp³-hybridized carbons (Fsp3) is 0.125. The molecule has 0 atom stereocenters. The van der Waals surface area contributed by atoms with Crippen LogP contribution in [0.15, 0.2) is 51.5 Å². The molecule has 2 heterocycles. The summed E-state index contributed by atoms with van der Waals surface area (Å²) in [7, 11) is 0. The molecular formula is C16H16N4OS2. The first-order valence-corrected chi connectivity index (χ1v) is 9.03. The molecule has 0 aliphatic heterocycles. The Labute approximate surface area is 142 Å². The summed E-state index contributed by atoms with van der Waals surface area (Å²) in [5, 5.41) is 6.13. The predicted octanol–water partition coefficient (Wildman–Crippen LogP) is 3.65. The van der Waals surface area contributed by atoms with E-state index in [9.17, 15) is 4.79 Å². The van der Waals surface area contributed by atoms with Crippen molar-refractivity contribution < 1.29 is 0 Å². The molecule has 3 rings (SSSR count). The smallest absolute Gasteiger partial charge is 0.276 e. The number of nitrogens with zero attached hydrogens (tertiary/aromatic N) is 2. The predicted molar refractivity (Wildman–Crippen MR) is 98.4 cm³/mol. The molecule has 0 saturated carbocycles. The van der Waals surface area contributed by atoms with Crippen LogP contribution < -0.4 is 16.6 Å². The summed E-state index contributed by atoms with van der Waals surface area (Å²) in [5.41, 5.74) is 7.67. The van der Waals surface area contributed by atoms with Gasteiger partial charge in [-0.15, -0.1) is 23.1 Å². The molecule has 23 heavy (non-hydrogen) atoms. The van der Waals surface area contributed by atoms with Gasteiger partial charge in [0, 0.05) is 16.6 Å². The van der Waals surface area contributed by atoms with Crippen molar-refractivity contribution in [1.29, 1.82) is 0 Å². The minimum atomic E-state index is -0.365. The third kappa shape index (κ3) is 3.40. The van der Waals surface area contributed by atoms with Gasteiger partial charge in [0.1, 0.15) is 10.8 Å². The molecule has 0 spiro atoms. The van der Waals surface area contributed by atoms with Crippen molar-refractivity contribution >= 4 is 40.6 Å². The molecular weight excluding hydrogens is 328 g/mol. The highest BCUT2D eigenvalue weighted by molar-refractivity contribution is 7.98. The quantitative estimate of drug-likeness (QED) is 0.707. The summed E-state index contributed by atoms with van der Waals surface area (Å²) in [6.45, 7) is 2.01. The average Bonchev–Trinajstić information content (AvgIpc) is 2.93. The van der Waals surface area contributed by atoms with Crippen LogP contribution in [0.4, 0.5) is 17.5 Å². The monoisotopic (exact) mass is 344 g/mol. The molecule has 0 amide bonds. The molecule has 118 valence electrons. The third-order valence-corrected chi connectivity index (χ3v) is 5.02. The standard InChI is InChI=1S/C16H16N4OS2/c1-10-7-15(23-9-10)20-13(17)8-14(21)19-16(20)18-11-3-5-12(22-2)6-4-11/h3-9H,17H2,1-2H3,(H,18,19,21). The van der Waals surface area contributed by atoms with E-state index < -0.39 is 0 Å². The highest BCUT2D eigenvalue weighted by Gasteiger charge is 2.11. The van der Waals surface area contributed by atoms with Gasteiger partial charge in [-0.2, -0.15) is 4.98 Å². The number of benzene rings is 1. The number of nitrogens with two attached hydrogens (primary N) is 1. The number of thiophene rings is 1.